The number of hydrogen-bond donors (Lipinski definition) is 1. The largest absolute Gasteiger partial charge is 0.548 e. The van der Waals surface area contributed by atoms with Gasteiger partial charge in [0.15, 0.2) is 0 Å². The average Bonchev–Trinajstić information content (AvgIpc) is 2.36. The van der Waals surface area contributed by atoms with E-state index in [2.05, 4.69) is 0 Å². The van der Waals surface area contributed by atoms with Gasteiger partial charge in [-0.1, -0.05) is 30.3 Å². The van der Waals surface area contributed by atoms with Gasteiger partial charge >= 0.3 is 5.97 Å². The summed E-state index contributed by atoms with van der Waals surface area (Å²) in [5.41, 5.74) is 0.547. The number of anilines is 1. The SMILES string of the molecule is O=C([O-])CN(CC(=O)O)c1ccc2ccccc2c1. The Hall–Kier alpha value is -2.56. The quantitative estimate of drug-likeness (QED) is 0.843. The van der Waals surface area contributed by atoms with Crippen LogP contribution in [0.1, 0.15) is 0 Å². The van der Waals surface area contributed by atoms with Crippen molar-refractivity contribution in [3.8, 4) is 0 Å². The van der Waals surface area contributed by atoms with Crippen molar-refractivity contribution >= 4 is 28.4 Å². The van der Waals surface area contributed by atoms with Crippen LogP contribution in [0.25, 0.3) is 10.8 Å². The second-order valence-electron chi connectivity index (χ2n) is 4.15. The van der Waals surface area contributed by atoms with Crippen LogP contribution in [0, 0.1) is 0 Å². The van der Waals surface area contributed by atoms with E-state index in [1.54, 1.807) is 12.1 Å². The maximum absolute atomic E-state index is 10.8. The molecule has 5 heteroatoms. The van der Waals surface area contributed by atoms with Crippen LogP contribution in [0.2, 0.25) is 0 Å². The van der Waals surface area contributed by atoms with Gasteiger partial charge < -0.3 is 19.9 Å². The van der Waals surface area contributed by atoms with Crippen LogP contribution >= 0.6 is 0 Å². The molecule has 0 bridgehead atoms. The van der Waals surface area contributed by atoms with Gasteiger partial charge in [0.05, 0.1) is 12.5 Å². The number of rotatable bonds is 5. The summed E-state index contributed by atoms with van der Waals surface area (Å²) in [4.78, 5) is 22.7. The maximum Gasteiger partial charge on any atom is 0.323 e. The standard InChI is InChI=1S/C14H13NO4/c16-13(17)8-15(9-14(18)19)12-6-5-10-3-1-2-4-11(10)7-12/h1-7H,8-9H2,(H,16,17)(H,18,19)/p-1. The summed E-state index contributed by atoms with van der Waals surface area (Å²) >= 11 is 0. The molecule has 0 unspecified atom stereocenters. The third-order valence-electron chi connectivity index (χ3n) is 2.74. The molecule has 0 saturated heterocycles. The summed E-state index contributed by atoms with van der Waals surface area (Å²) in [6.07, 6.45) is 0. The van der Waals surface area contributed by atoms with E-state index >= 15 is 0 Å². The molecular weight excluding hydrogens is 246 g/mol. The Kier molecular flexibility index (Phi) is 3.66. The van der Waals surface area contributed by atoms with Gasteiger partial charge in [0, 0.05) is 5.69 Å². The minimum atomic E-state index is -1.31. The summed E-state index contributed by atoms with van der Waals surface area (Å²) in [5, 5.41) is 21.4. The molecule has 0 atom stereocenters. The molecule has 0 radical (unpaired) electrons. The normalized spacial score (nSPS) is 10.3. The van der Waals surface area contributed by atoms with E-state index in [4.69, 9.17) is 5.11 Å². The Morgan fingerprint density at radius 3 is 2.37 bits per heavy atom. The van der Waals surface area contributed by atoms with Crippen LogP contribution in [0.5, 0.6) is 0 Å². The van der Waals surface area contributed by atoms with Crippen LogP contribution in [-0.4, -0.2) is 30.1 Å². The highest BCUT2D eigenvalue weighted by Gasteiger charge is 2.11. The van der Waals surface area contributed by atoms with Crippen LogP contribution in [0.3, 0.4) is 0 Å². The van der Waals surface area contributed by atoms with E-state index in [0.717, 1.165) is 10.8 Å². The average molecular weight is 258 g/mol. The predicted octanol–water partition coefficient (Wildman–Crippen LogP) is 0.481. The first-order chi connectivity index (χ1) is 9.06. The zero-order valence-electron chi connectivity index (χ0n) is 10.1. The highest BCUT2D eigenvalue weighted by molar-refractivity contribution is 5.87. The van der Waals surface area contributed by atoms with Crippen LogP contribution in [0.4, 0.5) is 5.69 Å². The summed E-state index contributed by atoms with van der Waals surface area (Å²) < 4.78 is 0. The fraction of sp³-hybridized carbons (Fsp3) is 0.143. The Labute approximate surface area is 109 Å². The van der Waals surface area contributed by atoms with E-state index in [9.17, 15) is 14.7 Å². The molecule has 0 aliphatic rings. The van der Waals surface area contributed by atoms with Crippen LogP contribution in [0.15, 0.2) is 42.5 Å². The minimum Gasteiger partial charge on any atom is -0.548 e. The molecule has 0 aliphatic heterocycles. The summed E-state index contributed by atoms with van der Waals surface area (Å²) in [6.45, 7) is -0.836. The lowest BCUT2D eigenvalue weighted by molar-refractivity contribution is -0.303. The van der Waals surface area contributed by atoms with Crippen molar-refractivity contribution < 1.29 is 19.8 Å². The number of carbonyl (C=O) groups excluding carboxylic acids is 1. The van der Waals surface area contributed by atoms with Crippen LogP contribution < -0.4 is 10.0 Å². The van der Waals surface area contributed by atoms with Gasteiger partial charge in [0.2, 0.25) is 0 Å². The lowest BCUT2D eigenvalue weighted by Crippen LogP contribution is -2.40. The van der Waals surface area contributed by atoms with E-state index in [1.165, 1.54) is 4.90 Å². The Morgan fingerprint density at radius 1 is 1.05 bits per heavy atom. The van der Waals surface area contributed by atoms with Crippen molar-refractivity contribution in [3.05, 3.63) is 42.5 Å². The van der Waals surface area contributed by atoms with Gasteiger partial charge in [-0.3, -0.25) is 4.79 Å². The van der Waals surface area contributed by atoms with Gasteiger partial charge in [-0.05, 0) is 22.9 Å². The first-order valence-corrected chi connectivity index (χ1v) is 5.71. The Morgan fingerprint density at radius 2 is 1.74 bits per heavy atom. The fourth-order valence-corrected chi connectivity index (χ4v) is 1.93. The van der Waals surface area contributed by atoms with E-state index < -0.39 is 18.5 Å². The van der Waals surface area contributed by atoms with Gasteiger partial charge in [-0.2, -0.15) is 0 Å². The molecular formula is C14H12NO4-. The number of carbonyl (C=O) groups is 2. The molecule has 0 aromatic heterocycles. The van der Waals surface area contributed by atoms with Crippen molar-refractivity contribution in [2.45, 2.75) is 0 Å². The summed E-state index contributed by atoms with van der Waals surface area (Å²) in [6, 6.07) is 12.9. The fourth-order valence-electron chi connectivity index (χ4n) is 1.93. The lowest BCUT2D eigenvalue weighted by Gasteiger charge is -2.23. The molecule has 0 amide bonds. The summed E-state index contributed by atoms with van der Waals surface area (Å²) in [7, 11) is 0. The molecule has 19 heavy (non-hydrogen) atoms. The number of hydrogen-bond acceptors (Lipinski definition) is 4. The van der Waals surface area contributed by atoms with Crippen molar-refractivity contribution in [3.63, 3.8) is 0 Å². The Balaban J connectivity index is 2.37. The highest BCUT2D eigenvalue weighted by atomic mass is 16.4. The zero-order valence-corrected chi connectivity index (χ0v) is 10.1. The van der Waals surface area contributed by atoms with Crippen molar-refractivity contribution in [1.29, 1.82) is 0 Å². The number of aliphatic carboxylic acids is 2. The number of carboxylic acid groups (broad SMARTS) is 2. The highest BCUT2D eigenvalue weighted by Crippen LogP contribution is 2.21. The molecule has 2 aromatic rings. The molecule has 0 fully saturated rings. The molecule has 0 aliphatic carbocycles. The molecule has 0 saturated carbocycles. The first kappa shape index (κ1) is 12.9. The first-order valence-electron chi connectivity index (χ1n) is 5.71. The third kappa shape index (κ3) is 3.22. The van der Waals surface area contributed by atoms with Gasteiger partial charge in [0.25, 0.3) is 0 Å². The molecule has 0 spiro atoms. The molecule has 1 N–H and O–H groups in total. The molecule has 0 heterocycles. The minimum absolute atomic E-state index is 0.383. The third-order valence-corrected chi connectivity index (χ3v) is 2.74. The van der Waals surface area contributed by atoms with Gasteiger partial charge in [-0.25, -0.2) is 0 Å². The monoisotopic (exact) mass is 258 g/mol. The lowest BCUT2D eigenvalue weighted by atomic mass is 10.1. The molecule has 98 valence electrons. The summed E-state index contributed by atoms with van der Waals surface area (Å²) in [5.74, 6) is -2.40. The van der Waals surface area contributed by atoms with Crippen molar-refractivity contribution in [2.75, 3.05) is 18.0 Å². The van der Waals surface area contributed by atoms with Crippen molar-refractivity contribution in [1.82, 2.24) is 0 Å². The second kappa shape index (κ2) is 5.39. The number of carboxylic acids is 2. The van der Waals surface area contributed by atoms with Crippen LogP contribution in [-0.2, 0) is 9.59 Å². The number of fused-ring (bicyclic) bond motifs is 1. The van der Waals surface area contributed by atoms with Crippen molar-refractivity contribution in [2.24, 2.45) is 0 Å². The zero-order chi connectivity index (χ0) is 13.8. The van der Waals surface area contributed by atoms with E-state index in [0.29, 0.717) is 5.69 Å². The van der Waals surface area contributed by atoms with E-state index in [-0.39, 0.29) is 6.54 Å². The smallest absolute Gasteiger partial charge is 0.323 e. The molecule has 2 aromatic carbocycles. The number of nitrogens with zero attached hydrogens (tertiary/aromatic N) is 1. The van der Waals surface area contributed by atoms with Gasteiger partial charge in [-0.15, -0.1) is 0 Å². The number of benzene rings is 2. The van der Waals surface area contributed by atoms with E-state index in [1.807, 2.05) is 30.3 Å². The predicted molar refractivity (Wildman–Crippen MR) is 68.8 cm³/mol. The molecule has 5 nitrogen and oxygen atoms in total. The second-order valence-corrected chi connectivity index (χ2v) is 4.15. The maximum atomic E-state index is 10.8. The van der Waals surface area contributed by atoms with Gasteiger partial charge in [0.1, 0.15) is 6.54 Å². The molecule has 2 rings (SSSR count). The Bertz CT molecular complexity index is 608. The topological polar surface area (TPSA) is 80.7 Å².